The molecule has 1 spiro atoms. The predicted molar refractivity (Wildman–Crippen MR) is 223 cm³/mol. The smallest absolute Gasteiger partial charge is 0.264 e. The second-order valence-electron chi connectivity index (χ2n) is 15.6. The van der Waals surface area contributed by atoms with Crippen molar-refractivity contribution >= 4 is 58.8 Å². The van der Waals surface area contributed by atoms with Gasteiger partial charge in [-0.3, -0.25) is 19.3 Å². The minimum absolute atomic E-state index is 0.0296. The number of hydrogen-bond donors (Lipinski definition) is 1. The van der Waals surface area contributed by atoms with E-state index in [0.717, 1.165) is 33.0 Å². The second kappa shape index (κ2) is 14.5. The van der Waals surface area contributed by atoms with Crippen LogP contribution in [0.5, 0.6) is 5.75 Å². The van der Waals surface area contributed by atoms with Crippen molar-refractivity contribution in [3.8, 4) is 5.75 Å². The van der Waals surface area contributed by atoms with Gasteiger partial charge >= 0.3 is 0 Å². The third-order valence-corrected chi connectivity index (χ3v) is 16.6. The molecule has 10 heteroatoms. The number of anilines is 3. The van der Waals surface area contributed by atoms with Crippen LogP contribution < -0.4 is 19.7 Å². The molecule has 3 amide bonds. The van der Waals surface area contributed by atoms with Gasteiger partial charge < -0.3 is 24.4 Å². The van der Waals surface area contributed by atoms with E-state index < -0.39 is 19.8 Å². The molecule has 3 aliphatic heterocycles. The zero-order valence-electron chi connectivity index (χ0n) is 32.3. The van der Waals surface area contributed by atoms with Gasteiger partial charge in [-0.2, -0.15) is 0 Å². The molecular formula is C46H47N3O6Si. The maximum atomic E-state index is 15.2. The first-order valence-electron chi connectivity index (χ1n) is 19.2. The van der Waals surface area contributed by atoms with Crippen LogP contribution in [0.2, 0.25) is 18.6 Å². The third-order valence-electron chi connectivity index (χ3n) is 12.3. The van der Waals surface area contributed by atoms with E-state index in [4.69, 9.17) is 9.47 Å². The number of fused-ring (bicyclic) bond motifs is 2. The topological polar surface area (TPSA) is 99.6 Å². The lowest BCUT2D eigenvalue weighted by atomic mass is 9.82. The van der Waals surface area contributed by atoms with Crippen LogP contribution in [0.1, 0.15) is 34.8 Å². The largest absolute Gasteiger partial charge is 0.497 e. The number of rotatable bonds is 12. The lowest BCUT2D eigenvalue weighted by Gasteiger charge is -2.37. The van der Waals surface area contributed by atoms with Gasteiger partial charge in [0, 0.05) is 42.2 Å². The highest BCUT2D eigenvalue weighted by molar-refractivity contribution is 6.91. The number of aliphatic hydroxyl groups is 1. The average Bonchev–Trinajstić information content (AvgIpc) is 3.76. The monoisotopic (exact) mass is 765 g/mol. The third kappa shape index (κ3) is 5.86. The quantitative estimate of drug-likeness (QED) is 0.106. The van der Waals surface area contributed by atoms with Crippen LogP contribution in [0.3, 0.4) is 0 Å². The van der Waals surface area contributed by atoms with Gasteiger partial charge in [-0.25, -0.2) is 0 Å². The highest BCUT2D eigenvalue weighted by Gasteiger charge is 2.66. The SMILES string of the molecule is C=CCN1C(=O)[C@@]2(O[C@@H](CC(=O)N(CCO)Cc3ccccc3)[C@H]([Si](C)(C)c3ccc(OC)cc3)[C@H]2C)c2cc(N3C(=O)c4cccc5cccc3c45)ccc21. The fourth-order valence-corrected chi connectivity index (χ4v) is 13.7. The number of ether oxygens (including phenoxy) is 2. The predicted octanol–water partition coefficient (Wildman–Crippen LogP) is 7.30. The Kier molecular flexibility index (Phi) is 9.68. The maximum Gasteiger partial charge on any atom is 0.264 e. The Bertz CT molecular complexity index is 2340. The molecule has 56 heavy (non-hydrogen) atoms. The molecule has 5 aromatic carbocycles. The van der Waals surface area contributed by atoms with Crippen LogP contribution in [0, 0.1) is 5.92 Å². The Morgan fingerprint density at radius 1 is 0.964 bits per heavy atom. The van der Waals surface area contributed by atoms with Crippen molar-refractivity contribution in [1.29, 1.82) is 0 Å². The summed E-state index contributed by atoms with van der Waals surface area (Å²) in [6.45, 7) is 11.2. The van der Waals surface area contributed by atoms with Crippen LogP contribution in [0.15, 0.2) is 122 Å². The van der Waals surface area contributed by atoms with Crippen LogP contribution in [0.4, 0.5) is 17.1 Å². The molecule has 3 heterocycles. The maximum absolute atomic E-state index is 15.2. The summed E-state index contributed by atoms with van der Waals surface area (Å²) in [4.78, 5) is 48.9. The fourth-order valence-electron chi connectivity index (χ4n) is 9.64. The van der Waals surface area contributed by atoms with Crippen molar-refractivity contribution < 1.29 is 29.0 Å². The molecule has 286 valence electrons. The molecule has 0 aromatic heterocycles. The first-order chi connectivity index (χ1) is 27.0. The van der Waals surface area contributed by atoms with Crippen molar-refractivity contribution in [1.82, 2.24) is 4.90 Å². The number of aliphatic hydroxyl groups excluding tert-OH is 1. The number of amides is 3. The summed E-state index contributed by atoms with van der Waals surface area (Å²) in [5.74, 6) is -0.102. The van der Waals surface area contributed by atoms with Gasteiger partial charge in [-0.1, -0.05) is 98.0 Å². The van der Waals surface area contributed by atoms with E-state index in [-0.39, 0.29) is 55.3 Å². The Labute approximate surface area is 328 Å². The van der Waals surface area contributed by atoms with Gasteiger partial charge in [0.1, 0.15) is 5.75 Å². The molecule has 4 atom stereocenters. The molecule has 0 aliphatic carbocycles. The van der Waals surface area contributed by atoms with Gasteiger partial charge in [0.25, 0.3) is 11.8 Å². The summed E-state index contributed by atoms with van der Waals surface area (Å²) in [5.41, 5.74) is 2.78. The van der Waals surface area contributed by atoms with Crippen molar-refractivity contribution in [2.75, 3.05) is 36.6 Å². The zero-order chi connectivity index (χ0) is 39.4. The Balaban J connectivity index is 1.25. The molecule has 8 rings (SSSR count). The molecule has 3 aliphatic rings. The van der Waals surface area contributed by atoms with Gasteiger partial charge in [-0.05, 0) is 59.0 Å². The summed E-state index contributed by atoms with van der Waals surface area (Å²) in [5, 5.41) is 13.1. The van der Waals surface area contributed by atoms with E-state index in [1.54, 1.807) is 27.9 Å². The molecule has 9 nitrogen and oxygen atoms in total. The van der Waals surface area contributed by atoms with E-state index in [2.05, 4.69) is 38.7 Å². The number of carbonyl (C=O) groups is 3. The van der Waals surface area contributed by atoms with E-state index in [1.165, 1.54) is 0 Å². The lowest BCUT2D eigenvalue weighted by Crippen LogP contribution is -2.52. The number of hydrogen-bond acceptors (Lipinski definition) is 6. The van der Waals surface area contributed by atoms with Crippen LogP contribution in [-0.2, 0) is 26.5 Å². The lowest BCUT2D eigenvalue weighted by molar-refractivity contribution is -0.149. The molecular weight excluding hydrogens is 719 g/mol. The number of nitrogens with zero attached hydrogens (tertiary/aromatic N) is 3. The zero-order valence-corrected chi connectivity index (χ0v) is 33.3. The van der Waals surface area contributed by atoms with Crippen molar-refractivity contribution in [2.45, 2.75) is 50.2 Å². The first kappa shape index (κ1) is 37.4. The van der Waals surface area contributed by atoms with Crippen LogP contribution in [0.25, 0.3) is 10.8 Å². The van der Waals surface area contributed by atoms with Crippen molar-refractivity contribution in [3.05, 3.63) is 139 Å². The number of benzene rings is 5. The fraction of sp³-hybridized carbons (Fsp3) is 0.283. The van der Waals surface area contributed by atoms with Gasteiger partial charge in [0.05, 0.1) is 51.3 Å². The summed E-state index contributed by atoms with van der Waals surface area (Å²) in [6.07, 6.45) is 1.11. The highest BCUT2D eigenvalue weighted by Crippen LogP contribution is 2.60. The minimum Gasteiger partial charge on any atom is -0.497 e. The number of carbonyl (C=O) groups excluding carboxylic acids is 3. The molecule has 0 bridgehead atoms. The van der Waals surface area contributed by atoms with Gasteiger partial charge in [-0.15, -0.1) is 6.58 Å². The second-order valence-corrected chi connectivity index (χ2v) is 20.3. The molecule has 1 fully saturated rings. The molecule has 1 N–H and O–H groups in total. The molecule has 5 aromatic rings. The summed E-state index contributed by atoms with van der Waals surface area (Å²) >= 11 is 0. The Morgan fingerprint density at radius 2 is 1.70 bits per heavy atom. The average molecular weight is 766 g/mol. The molecule has 0 radical (unpaired) electrons. The van der Waals surface area contributed by atoms with E-state index >= 15 is 4.79 Å². The molecule has 0 saturated carbocycles. The van der Waals surface area contributed by atoms with Crippen LogP contribution >= 0.6 is 0 Å². The Hall–Kier alpha value is -5.55. The van der Waals surface area contributed by atoms with E-state index in [9.17, 15) is 14.7 Å². The summed E-state index contributed by atoms with van der Waals surface area (Å²) in [6, 6.07) is 35.3. The molecule has 0 unspecified atom stereocenters. The van der Waals surface area contributed by atoms with E-state index in [0.29, 0.717) is 29.0 Å². The standard InChI is InChI=1S/C46H47N3O6Si/c1-6-24-48-38-23-18-33(49-39-17-11-15-32-14-10-16-36(42(32)39)44(49)52)27-37(38)46(45(48)53)30(2)43(56(4,5)35-21-19-34(54-3)20-22-35)40(55-46)28-41(51)47(25-26-50)29-31-12-8-7-9-13-31/h6-23,27,30,40,43,50H,1,24-26,28-29H2,2-5H3/t30-,40+,43-,46+/m1/s1. The summed E-state index contributed by atoms with van der Waals surface area (Å²) in [7, 11) is -0.925. The van der Waals surface area contributed by atoms with Gasteiger partial charge in [0.15, 0.2) is 5.60 Å². The molecule has 1 saturated heterocycles. The normalized spacial score (nSPS) is 21.3. The first-order valence-corrected chi connectivity index (χ1v) is 22.3. The number of methoxy groups -OCH3 is 1. The van der Waals surface area contributed by atoms with Gasteiger partial charge in [0.2, 0.25) is 5.91 Å². The minimum atomic E-state index is -2.57. The Morgan fingerprint density at radius 3 is 2.39 bits per heavy atom. The highest BCUT2D eigenvalue weighted by atomic mass is 28.3. The van der Waals surface area contributed by atoms with Crippen molar-refractivity contribution in [3.63, 3.8) is 0 Å². The van der Waals surface area contributed by atoms with Crippen LogP contribution in [-0.4, -0.2) is 68.7 Å². The summed E-state index contributed by atoms with van der Waals surface area (Å²) < 4.78 is 12.8. The van der Waals surface area contributed by atoms with E-state index in [1.807, 2.05) is 97.1 Å². The van der Waals surface area contributed by atoms with Crippen molar-refractivity contribution in [2.24, 2.45) is 5.92 Å².